The molecule has 7 nitrogen and oxygen atoms in total. The lowest BCUT2D eigenvalue weighted by Crippen LogP contribution is -2.55. The second-order valence-corrected chi connectivity index (χ2v) is 6.81. The SMILES string of the molecule is COc1cc([C@@H]2C[C@@](O)(C3(O)CCCCC3)ON2)cc(OC)c1OC. The van der Waals surface area contributed by atoms with Crippen LogP contribution in [0.15, 0.2) is 12.1 Å². The summed E-state index contributed by atoms with van der Waals surface area (Å²) in [5.74, 6) is -0.0388. The maximum absolute atomic E-state index is 10.9. The van der Waals surface area contributed by atoms with Gasteiger partial charge in [0.05, 0.1) is 27.4 Å². The average Bonchev–Trinajstić information content (AvgIpc) is 3.05. The van der Waals surface area contributed by atoms with E-state index in [0.29, 0.717) is 30.1 Å². The predicted molar refractivity (Wildman–Crippen MR) is 90.7 cm³/mol. The van der Waals surface area contributed by atoms with Crippen LogP contribution in [-0.2, 0) is 4.84 Å². The Hall–Kier alpha value is -1.54. The summed E-state index contributed by atoms with van der Waals surface area (Å²) >= 11 is 0. The third kappa shape index (κ3) is 3.17. The van der Waals surface area contributed by atoms with Gasteiger partial charge in [-0.15, -0.1) is 0 Å². The van der Waals surface area contributed by atoms with E-state index in [-0.39, 0.29) is 12.5 Å². The molecule has 1 heterocycles. The Bertz CT molecular complexity index is 591. The van der Waals surface area contributed by atoms with Crippen LogP contribution in [-0.4, -0.2) is 42.9 Å². The van der Waals surface area contributed by atoms with Crippen molar-refractivity contribution in [1.29, 1.82) is 0 Å². The van der Waals surface area contributed by atoms with Crippen LogP contribution in [0.5, 0.6) is 17.2 Å². The minimum Gasteiger partial charge on any atom is -0.493 e. The molecule has 0 bridgehead atoms. The van der Waals surface area contributed by atoms with Crippen LogP contribution in [0.1, 0.15) is 50.1 Å². The van der Waals surface area contributed by atoms with E-state index in [9.17, 15) is 10.2 Å². The van der Waals surface area contributed by atoms with Gasteiger partial charge < -0.3 is 24.4 Å². The first-order valence-corrected chi connectivity index (χ1v) is 8.64. The summed E-state index contributed by atoms with van der Waals surface area (Å²) < 4.78 is 16.1. The highest BCUT2D eigenvalue weighted by Gasteiger charge is 2.55. The van der Waals surface area contributed by atoms with Gasteiger partial charge in [-0.25, -0.2) is 0 Å². The molecule has 2 atom stereocenters. The molecule has 0 radical (unpaired) electrons. The number of hydrogen-bond donors (Lipinski definition) is 3. The summed E-state index contributed by atoms with van der Waals surface area (Å²) in [5, 5.41) is 21.8. The smallest absolute Gasteiger partial charge is 0.215 e. The van der Waals surface area contributed by atoms with E-state index in [0.717, 1.165) is 24.8 Å². The largest absolute Gasteiger partial charge is 0.493 e. The first kappa shape index (κ1) is 18.3. The molecular weight excluding hydrogens is 326 g/mol. The Morgan fingerprint density at radius 3 is 2.12 bits per heavy atom. The summed E-state index contributed by atoms with van der Waals surface area (Å²) in [6.45, 7) is 0. The fourth-order valence-corrected chi connectivity index (χ4v) is 3.83. The molecule has 1 aliphatic carbocycles. The Balaban J connectivity index is 1.86. The van der Waals surface area contributed by atoms with Crippen molar-refractivity contribution in [1.82, 2.24) is 5.48 Å². The highest BCUT2D eigenvalue weighted by atomic mass is 16.8. The maximum Gasteiger partial charge on any atom is 0.215 e. The molecule has 2 aliphatic rings. The van der Waals surface area contributed by atoms with E-state index < -0.39 is 11.4 Å². The monoisotopic (exact) mass is 353 g/mol. The topological polar surface area (TPSA) is 89.4 Å². The van der Waals surface area contributed by atoms with Crippen molar-refractivity contribution in [3.05, 3.63) is 17.7 Å². The van der Waals surface area contributed by atoms with Gasteiger partial charge >= 0.3 is 0 Å². The molecule has 0 spiro atoms. The minimum absolute atomic E-state index is 0.238. The fraction of sp³-hybridized carbons (Fsp3) is 0.667. The molecule has 1 saturated heterocycles. The summed E-state index contributed by atoms with van der Waals surface area (Å²) in [6.07, 6.45) is 4.15. The molecule has 140 valence electrons. The van der Waals surface area contributed by atoms with Gasteiger partial charge in [0.15, 0.2) is 11.5 Å². The van der Waals surface area contributed by atoms with Gasteiger partial charge in [-0.3, -0.25) is 4.84 Å². The highest BCUT2D eigenvalue weighted by molar-refractivity contribution is 5.54. The molecule has 0 amide bonds. The van der Waals surface area contributed by atoms with Crippen molar-refractivity contribution < 1.29 is 29.3 Å². The number of hydroxylamine groups is 1. The van der Waals surface area contributed by atoms with E-state index >= 15 is 0 Å². The van der Waals surface area contributed by atoms with E-state index in [4.69, 9.17) is 19.0 Å². The Morgan fingerprint density at radius 2 is 1.60 bits per heavy atom. The highest BCUT2D eigenvalue weighted by Crippen LogP contribution is 2.47. The first-order valence-electron chi connectivity index (χ1n) is 8.64. The van der Waals surface area contributed by atoms with Crippen LogP contribution in [0.2, 0.25) is 0 Å². The normalized spacial score (nSPS) is 28.6. The number of aliphatic hydroxyl groups is 2. The van der Waals surface area contributed by atoms with Crippen LogP contribution < -0.4 is 19.7 Å². The summed E-state index contributed by atoms with van der Waals surface area (Å²) in [4.78, 5) is 5.50. The minimum atomic E-state index is -1.61. The van der Waals surface area contributed by atoms with Crippen LogP contribution in [0.4, 0.5) is 0 Å². The number of rotatable bonds is 5. The standard InChI is InChI=1S/C18H27NO6/c1-22-14-9-12(10-15(23-2)16(14)24-3)13-11-18(21,25-19-13)17(20)7-5-4-6-8-17/h9-10,13,19-21H,4-8,11H2,1-3H3/t13-,18-/m0/s1. The lowest BCUT2D eigenvalue weighted by molar-refractivity contribution is -0.303. The zero-order valence-corrected chi connectivity index (χ0v) is 15.0. The molecule has 7 heteroatoms. The third-order valence-corrected chi connectivity index (χ3v) is 5.35. The molecule has 1 aliphatic heterocycles. The van der Waals surface area contributed by atoms with Gasteiger partial charge in [0.2, 0.25) is 11.5 Å². The molecule has 3 rings (SSSR count). The molecule has 0 aromatic heterocycles. The predicted octanol–water partition coefficient (Wildman–Crippen LogP) is 2.06. The van der Waals surface area contributed by atoms with E-state index in [1.54, 1.807) is 21.3 Å². The summed E-state index contributed by atoms with van der Waals surface area (Å²) in [6, 6.07) is 3.34. The van der Waals surface area contributed by atoms with Gasteiger partial charge in [0.25, 0.3) is 0 Å². The number of nitrogens with one attached hydrogen (secondary N) is 1. The Kier molecular flexibility index (Phi) is 5.11. The fourth-order valence-electron chi connectivity index (χ4n) is 3.83. The second-order valence-electron chi connectivity index (χ2n) is 6.81. The van der Waals surface area contributed by atoms with Crippen molar-refractivity contribution in [2.45, 2.75) is 56.0 Å². The summed E-state index contributed by atoms with van der Waals surface area (Å²) in [7, 11) is 4.66. The lowest BCUT2D eigenvalue weighted by atomic mass is 9.76. The van der Waals surface area contributed by atoms with Crippen molar-refractivity contribution in [2.75, 3.05) is 21.3 Å². The van der Waals surface area contributed by atoms with Crippen molar-refractivity contribution in [3.63, 3.8) is 0 Å². The molecular formula is C18H27NO6. The Labute approximate surface area is 147 Å². The van der Waals surface area contributed by atoms with Gasteiger partial charge in [-0.05, 0) is 30.5 Å². The van der Waals surface area contributed by atoms with Gasteiger partial charge in [-0.1, -0.05) is 19.3 Å². The molecule has 1 aromatic carbocycles. The number of ether oxygens (including phenoxy) is 3. The van der Waals surface area contributed by atoms with Crippen molar-refractivity contribution in [3.8, 4) is 17.2 Å². The summed E-state index contributed by atoms with van der Waals surface area (Å²) in [5.41, 5.74) is 2.46. The lowest BCUT2D eigenvalue weighted by Gasteiger charge is -2.41. The van der Waals surface area contributed by atoms with Gasteiger partial charge in [-0.2, -0.15) is 5.48 Å². The number of benzene rings is 1. The van der Waals surface area contributed by atoms with Gasteiger partial charge in [0.1, 0.15) is 5.60 Å². The maximum atomic E-state index is 10.9. The van der Waals surface area contributed by atoms with Crippen LogP contribution in [0, 0.1) is 0 Å². The average molecular weight is 353 g/mol. The molecule has 3 N–H and O–H groups in total. The molecule has 25 heavy (non-hydrogen) atoms. The van der Waals surface area contributed by atoms with E-state index in [1.165, 1.54) is 0 Å². The molecule has 0 unspecified atom stereocenters. The number of methoxy groups -OCH3 is 3. The molecule has 1 aromatic rings. The Morgan fingerprint density at radius 1 is 1.00 bits per heavy atom. The van der Waals surface area contributed by atoms with Crippen LogP contribution >= 0.6 is 0 Å². The van der Waals surface area contributed by atoms with Crippen LogP contribution in [0.25, 0.3) is 0 Å². The zero-order valence-electron chi connectivity index (χ0n) is 15.0. The van der Waals surface area contributed by atoms with E-state index in [2.05, 4.69) is 5.48 Å². The zero-order chi connectivity index (χ0) is 18.1. The third-order valence-electron chi connectivity index (χ3n) is 5.35. The molecule has 2 fully saturated rings. The molecule has 1 saturated carbocycles. The quantitative estimate of drug-likeness (QED) is 0.746. The van der Waals surface area contributed by atoms with Gasteiger partial charge in [0, 0.05) is 6.42 Å². The van der Waals surface area contributed by atoms with Crippen LogP contribution in [0.3, 0.4) is 0 Å². The van der Waals surface area contributed by atoms with Crippen molar-refractivity contribution >= 4 is 0 Å². The number of hydrogen-bond acceptors (Lipinski definition) is 7. The van der Waals surface area contributed by atoms with E-state index in [1.807, 2.05) is 12.1 Å². The second kappa shape index (κ2) is 6.99. The van der Waals surface area contributed by atoms with Crippen molar-refractivity contribution in [2.24, 2.45) is 0 Å². The first-order chi connectivity index (χ1) is 12.0.